The van der Waals surface area contributed by atoms with Gasteiger partial charge >= 0.3 is 0 Å². The summed E-state index contributed by atoms with van der Waals surface area (Å²) in [5.41, 5.74) is 2.55. The Morgan fingerprint density at radius 3 is 2.67 bits per heavy atom. The number of carbonyl (C=O) groups excluding carboxylic acids is 1. The Balaban J connectivity index is 1.51. The molecule has 0 radical (unpaired) electrons. The molecule has 27 heavy (non-hydrogen) atoms. The summed E-state index contributed by atoms with van der Waals surface area (Å²) in [5.74, 6) is 0.0886. The molecule has 1 amide bonds. The monoisotopic (exact) mass is 399 g/mol. The molecule has 0 aliphatic heterocycles. The fraction of sp³-hybridized carbons (Fsp3) is 0.333. The second-order valence-electron chi connectivity index (χ2n) is 7.10. The molecule has 1 aromatic carbocycles. The van der Waals surface area contributed by atoms with Gasteiger partial charge in [0.2, 0.25) is 5.91 Å². The molecular weight excluding hydrogens is 378 g/mol. The second-order valence-corrected chi connectivity index (χ2v) is 8.48. The van der Waals surface area contributed by atoms with Gasteiger partial charge in [-0.2, -0.15) is 5.10 Å². The number of nitrogens with zero attached hydrogens (tertiary/aromatic N) is 2. The zero-order valence-corrected chi connectivity index (χ0v) is 16.8. The van der Waals surface area contributed by atoms with Gasteiger partial charge < -0.3 is 5.32 Å². The molecule has 4 rings (SSSR count). The van der Waals surface area contributed by atoms with Crippen molar-refractivity contribution in [1.82, 2.24) is 15.1 Å². The van der Waals surface area contributed by atoms with E-state index in [1.54, 1.807) is 11.3 Å². The molecule has 3 aromatic rings. The fourth-order valence-corrected chi connectivity index (χ4v) is 4.90. The standard InChI is InChI=1S/C21H22ClN3OS/c1-25-18(19-5-4-12-27-19)13-17(24-25)14-23-20(26)21(10-2-3-11-21)15-6-8-16(22)9-7-15/h4-9,12-13H,2-3,10-11,14H2,1H3,(H,23,26). The summed E-state index contributed by atoms with van der Waals surface area (Å²) in [7, 11) is 1.94. The summed E-state index contributed by atoms with van der Waals surface area (Å²) in [6.45, 7) is 0.438. The molecule has 0 atom stereocenters. The van der Waals surface area contributed by atoms with Gasteiger partial charge in [0.1, 0.15) is 0 Å². The number of nitrogens with one attached hydrogen (secondary N) is 1. The van der Waals surface area contributed by atoms with Crippen LogP contribution in [0, 0.1) is 0 Å². The molecule has 2 heterocycles. The van der Waals surface area contributed by atoms with Crippen LogP contribution in [0.3, 0.4) is 0 Å². The van der Waals surface area contributed by atoms with Gasteiger partial charge in [-0.25, -0.2) is 0 Å². The lowest BCUT2D eigenvalue weighted by molar-refractivity contribution is -0.126. The maximum atomic E-state index is 13.2. The van der Waals surface area contributed by atoms with Crippen molar-refractivity contribution in [3.8, 4) is 10.6 Å². The first-order chi connectivity index (χ1) is 13.1. The predicted octanol–water partition coefficient (Wildman–Crippen LogP) is 4.93. The van der Waals surface area contributed by atoms with Crippen LogP contribution in [-0.4, -0.2) is 15.7 Å². The van der Waals surface area contributed by atoms with Crippen LogP contribution >= 0.6 is 22.9 Å². The molecule has 4 nitrogen and oxygen atoms in total. The average molecular weight is 400 g/mol. The number of aromatic nitrogens is 2. The largest absolute Gasteiger partial charge is 0.350 e. The van der Waals surface area contributed by atoms with Crippen LogP contribution in [0.1, 0.15) is 36.9 Å². The zero-order chi connectivity index (χ0) is 18.9. The van der Waals surface area contributed by atoms with Crippen molar-refractivity contribution in [3.63, 3.8) is 0 Å². The predicted molar refractivity (Wildman–Crippen MR) is 110 cm³/mol. The van der Waals surface area contributed by atoms with E-state index in [2.05, 4.69) is 27.9 Å². The Morgan fingerprint density at radius 2 is 2.00 bits per heavy atom. The number of aryl methyl sites for hydroxylation is 1. The van der Waals surface area contributed by atoms with E-state index in [9.17, 15) is 4.79 Å². The molecule has 0 saturated heterocycles. The Morgan fingerprint density at radius 1 is 1.26 bits per heavy atom. The van der Waals surface area contributed by atoms with Crippen LogP contribution in [0.15, 0.2) is 47.8 Å². The van der Waals surface area contributed by atoms with Crippen molar-refractivity contribution in [2.45, 2.75) is 37.6 Å². The molecular formula is C21H22ClN3OS. The maximum Gasteiger partial charge on any atom is 0.230 e. The third-order valence-corrected chi connectivity index (χ3v) is 6.57. The van der Waals surface area contributed by atoms with E-state index in [-0.39, 0.29) is 5.91 Å². The SMILES string of the molecule is Cn1nc(CNC(=O)C2(c3ccc(Cl)cc3)CCCC2)cc1-c1cccs1. The number of carbonyl (C=O) groups is 1. The van der Waals surface area contributed by atoms with Crippen molar-refractivity contribution in [2.75, 3.05) is 0 Å². The molecule has 1 aliphatic carbocycles. The zero-order valence-electron chi connectivity index (χ0n) is 15.2. The minimum absolute atomic E-state index is 0.0886. The number of hydrogen-bond donors (Lipinski definition) is 1. The van der Waals surface area contributed by atoms with Gasteiger partial charge in [-0.1, -0.05) is 42.6 Å². The summed E-state index contributed by atoms with van der Waals surface area (Å²) in [4.78, 5) is 14.3. The number of hydrogen-bond acceptors (Lipinski definition) is 3. The summed E-state index contributed by atoms with van der Waals surface area (Å²) in [6, 6.07) is 13.9. The van der Waals surface area contributed by atoms with Crippen LogP contribution in [0.5, 0.6) is 0 Å². The molecule has 0 bridgehead atoms. The van der Waals surface area contributed by atoms with Crippen molar-refractivity contribution in [1.29, 1.82) is 0 Å². The molecule has 0 unspecified atom stereocenters. The molecule has 2 aromatic heterocycles. The number of rotatable bonds is 5. The molecule has 140 valence electrons. The van der Waals surface area contributed by atoms with Gasteiger partial charge in [0.15, 0.2) is 0 Å². The van der Waals surface area contributed by atoms with Gasteiger partial charge in [0.05, 0.1) is 28.2 Å². The number of thiophene rings is 1. The van der Waals surface area contributed by atoms with Crippen molar-refractivity contribution < 1.29 is 4.79 Å². The average Bonchev–Trinajstić information content (AvgIpc) is 3.41. The van der Waals surface area contributed by atoms with Gasteiger partial charge in [0.25, 0.3) is 0 Å². The molecule has 1 N–H and O–H groups in total. The van der Waals surface area contributed by atoms with E-state index in [1.807, 2.05) is 42.1 Å². The lowest BCUT2D eigenvalue weighted by Crippen LogP contribution is -2.42. The van der Waals surface area contributed by atoms with E-state index in [0.29, 0.717) is 11.6 Å². The Kier molecular flexibility index (Phi) is 5.06. The van der Waals surface area contributed by atoms with Crippen LogP contribution in [0.2, 0.25) is 5.02 Å². The fourth-order valence-electron chi connectivity index (χ4n) is 4.00. The molecule has 1 saturated carbocycles. The van der Waals surface area contributed by atoms with Gasteiger partial charge in [-0.3, -0.25) is 9.48 Å². The first-order valence-corrected chi connectivity index (χ1v) is 10.5. The lowest BCUT2D eigenvalue weighted by atomic mass is 9.78. The van der Waals surface area contributed by atoms with Crippen molar-refractivity contribution in [2.24, 2.45) is 7.05 Å². The Hall–Kier alpha value is -2.11. The minimum atomic E-state index is -0.448. The number of amides is 1. The summed E-state index contributed by atoms with van der Waals surface area (Å²) in [6.07, 6.45) is 3.90. The van der Waals surface area contributed by atoms with E-state index in [1.165, 1.54) is 4.88 Å². The van der Waals surface area contributed by atoms with Crippen LogP contribution < -0.4 is 5.32 Å². The maximum absolute atomic E-state index is 13.2. The first kappa shape index (κ1) is 18.3. The topological polar surface area (TPSA) is 46.9 Å². The van der Waals surface area contributed by atoms with E-state index >= 15 is 0 Å². The van der Waals surface area contributed by atoms with Gasteiger partial charge in [-0.05, 0) is 48.1 Å². The molecule has 1 aliphatic rings. The molecule has 1 fully saturated rings. The van der Waals surface area contributed by atoms with Crippen molar-refractivity contribution >= 4 is 28.8 Å². The van der Waals surface area contributed by atoms with Crippen LogP contribution in [0.4, 0.5) is 0 Å². The minimum Gasteiger partial charge on any atom is -0.350 e. The lowest BCUT2D eigenvalue weighted by Gasteiger charge is -2.28. The highest BCUT2D eigenvalue weighted by Crippen LogP contribution is 2.41. The van der Waals surface area contributed by atoms with Gasteiger partial charge in [-0.15, -0.1) is 11.3 Å². The Labute approximate surface area is 168 Å². The third kappa shape index (κ3) is 3.54. The highest BCUT2D eigenvalue weighted by molar-refractivity contribution is 7.13. The van der Waals surface area contributed by atoms with Gasteiger partial charge in [0, 0.05) is 12.1 Å². The normalized spacial score (nSPS) is 15.8. The Bertz CT molecular complexity index is 925. The highest BCUT2D eigenvalue weighted by Gasteiger charge is 2.42. The number of benzene rings is 1. The van der Waals surface area contributed by atoms with Crippen molar-refractivity contribution in [3.05, 3.63) is 64.1 Å². The quantitative estimate of drug-likeness (QED) is 0.661. The van der Waals surface area contributed by atoms with E-state index in [0.717, 1.165) is 42.6 Å². The van der Waals surface area contributed by atoms with E-state index in [4.69, 9.17) is 11.6 Å². The number of halogens is 1. The summed E-state index contributed by atoms with van der Waals surface area (Å²) >= 11 is 7.72. The second kappa shape index (κ2) is 7.49. The third-order valence-electron chi connectivity index (χ3n) is 5.42. The van der Waals surface area contributed by atoms with Crippen LogP contribution in [0.25, 0.3) is 10.6 Å². The smallest absolute Gasteiger partial charge is 0.230 e. The van der Waals surface area contributed by atoms with E-state index < -0.39 is 5.41 Å². The summed E-state index contributed by atoms with van der Waals surface area (Å²) in [5, 5.41) is 10.5. The molecule has 0 spiro atoms. The molecule has 6 heteroatoms. The highest BCUT2D eigenvalue weighted by atomic mass is 35.5. The summed E-state index contributed by atoms with van der Waals surface area (Å²) < 4.78 is 1.87. The van der Waals surface area contributed by atoms with Crippen LogP contribution in [-0.2, 0) is 23.8 Å². The first-order valence-electron chi connectivity index (χ1n) is 9.20.